The van der Waals surface area contributed by atoms with Gasteiger partial charge >= 0.3 is 0 Å². The van der Waals surface area contributed by atoms with E-state index in [1.165, 1.54) is 0 Å². The van der Waals surface area contributed by atoms with Gasteiger partial charge in [-0.25, -0.2) is 0 Å². The van der Waals surface area contributed by atoms with Crippen LogP contribution in [0.15, 0.2) is 34.9 Å². The Morgan fingerprint density at radius 2 is 2.20 bits per heavy atom. The molecule has 3 heteroatoms. The molecule has 0 saturated heterocycles. The summed E-state index contributed by atoms with van der Waals surface area (Å²) in [5.41, 5.74) is 1.96. The lowest BCUT2D eigenvalue weighted by Crippen LogP contribution is -1.97. The molecular formula is C12H10BrNO. The van der Waals surface area contributed by atoms with Crippen molar-refractivity contribution in [3.63, 3.8) is 0 Å². The van der Waals surface area contributed by atoms with Gasteiger partial charge in [-0.3, -0.25) is 9.78 Å². The van der Waals surface area contributed by atoms with E-state index >= 15 is 0 Å². The van der Waals surface area contributed by atoms with Crippen molar-refractivity contribution in [2.24, 2.45) is 0 Å². The van der Waals surface area contributed by atoms with Crippen LogP contribution in [0, 0.1) is 0 Å². The lowest BCUT2D eigenvalue weighted by atomic mass is 10.0. The molecule has 0 spiro atoms. The standard InChI is InChI=1S/C12H10BrNO/c1-8(15)6-9-4-5-14-12-7-10(13)2-3-11(9)12/h2-5,7H,6H2,1H3. The van der Waals surface area contributed by atoms with Crippen molar-refractivity contribution in [2.45, 2.75) is 13.3 Å². The molecule has 0 bridgehead atoms. The molecule has 0 saturated carbocycles. The van der Waals surface area contributed by atoms with Crippen molar-refractivity contribution in [3.05, 3.63) is 40.5 Å². The first-order chi connectivity index (χ1) is 7.16. The second kappa shape index (κ2) is 4.11. The topological polar surface area (TPSA) is 30.0 Å². The Bertz CT molecular complexity index is 522. The number of aromatic nitrogens is 1. The average Bonchev–Trinajstić information content (AvgIpc) is 2.16. The summed E-state index contributed by atoms with van der Waals surface area (Å²) in [6.45, 7) is 1.60. The Kier molecular flexibility index (Phi) is 2.82. The summed E-state index contributed by atoms with van der Waals surface area (Å²) in [5.74, 6) is 0.172. The number of fused-ring (bicyclic) bond motifs is 1. The van der Waals surface area contributed by atoms with E-state index in [1.54, 1.807) is 13.1 Å². The molecule has 2 rings (SSSR count). The molecule has 0 aliphatic rings. The zero-order valence-corrected chi connectivity index (χ0v) is 9.91. The first kappa shape index (κ1) is 10.3. The van der Waals surface area contributed by atoms with Crippen LogP contribution in [0.2, 0.25) is 0 Å². The Morgan fingerprint density at radius 1 is 1.40 bits per heavy atom. The number of benzene rings is 1. The van der Waals surface area contributed by atoms with Crippen molar-refractivity contribution in [1.29, 1.82) is 0 Å². The third kappa shape index (κ3) is 2.23. The molecule has 15 heavy (non-hydrogen) atoms. The highest BCUT2D eigenvalue weighted by Crippen LogP contribution is 2.21. The number of ketones is 1. The molecule has 2 aromatic rings. The monoisotopic (exact) mass is 263 g/mol. The maximum Gasteiger partial charge on any atom is 0.134 e. The predicted octanol–water partition coefficient (Wildman–Crippen LogP) is 3.13. The normalized spacial score (nSPS) is 10.5. The quantitative estimate of drug-likeness (QED) is 0.834. The van der Waals surface area contributed by atoms with Gasteiger partial charge in [0, 0.05) is 22.5 Å². The van der Waals surface area contributed by atoms with Crippen LogP contribution in [0.1, 0.15) is 12.5 Å². The number of rotatable bonds is 2. The highest BCUT2D eigenvalue weighted by atomic mass is 79.9. The lowest BCUT2D eigenvalue weighted by molar-refractivity contribution is -0.116. The number of hydrogen-bond acceptors (Lipinski definition) is 2. The first-order valence-electron chi connectivity index (χ1n) is 4.69. The third-order valence-electron chi connectivity index (χ3n) is 2.23. The van der Waals surface area contributed by atoms with Crippen LogP contribution >= 0.6 is 15.9 Å². The summed E-state index contributed by atoms with van der Waals surface area (Å²) in [6, 6.07) is 7.81. The van der Waals surface area contributed by atoms with Gasteiger partial charge in [-0.1, -0.05) is 22.0 Å². The highest BCUT2D eigenvalue weighted by Gasteiger charge is 2.04. The maximum absolute atomic E-state index is 11.1. The Balaban J connectivity index is 2.60. The summed E-state index contributed by atoms with van der Waals surface area (Å²) in [7, 11) is 0. The van der Waals surface area contributed by atoms with Gasteiger partial charge in [0.15, 0.2) is 0 Å². The highest BCUT2D eigenvalue weighted by molar-refractivity contribution is 9.10. The van der Waals surface area contributed by atoms with E-state index in [0.717, 1.165) is 20.9 Å². The van der Waals surface area contributed by atoms with Crippen molar-refractivity contribution >= 4 is 32.6 Å². The first-order valence-corrected chi connectivity index (χ1v) is 5.49. The van der Waals surface area contributed by atoms with E-state index in [0.29, 0.717) is 6.42 Å². The van der Waals surface area contributed by atoms with Gasteiger partial charge in [-0.05, 0) is 30.7 Å². The zero-order chi connectivity index (χ0) is 10.8. The van der Waals surface area contributed by atoms with E-state index < -0.39 is 0 Å². The summed E-state index contributed by atoms with van der Waals surface area (Å²) >= 11 is 3.40. The second-order valence-corrected chi connectivity index (χ2v) is 4.43. The largest absolute Gasteiger partial charge is 0.300 e. The number of carbonyl (C=O) groups is 1. The molecule has 76 valence electrons. The van der Waals surface area contributed by atoms with E-state index in [4.69, 9.17) is 0 Å². The van der Waals surface area contributed by atoms with Crippen LogP contribution in [0.5, 0.6) is 0 Å². The van der Waals surface area contributed by atoms with Crippen LogP contribution in [0.25, 0.3) is 10.9 Å². The average molecular weight is 264 g/mol. The molecule has 1 heterocycles. The lowest BCUT2D eigenvalue weighted by Gasteiger charge is -2.04. The van der Waals surface area contributed by atoms with E-state index in [2.05, 4.69) is 20.9 Å². The fraction of sp³-hybridized carbons (Fsp3) is 0.167. The van der Waals surface area contributed by atoms with Gasteiger partial charge in [0.1, 0.15) is 5.78 Å². The Morgan fingerprint density at radius 3 is 2.93 bits per heavy atom. The minimum absolute atomic E-state index is 0.172. The van der Waals surface area contributed by atoms with Gasteiger partial charge in [-0.15, -0.1) is 0 Å². The van der Waals surface area contributed by atoms with Gasteiger partial charge in [0.2, 0.25) is 0 Å². The van der Waals surface area contributed by atoms with Crippen LogP contribution in [-0.4, -0.2) is 10.8 Å². The minimum Gasteiger partial charge on any atom is -0.300 e. The van der Waals surface area contributed by atoms with Gasteiger partial charge in [0.05, 0.1) is 5.52 Å². The number of hydrogen-bond donors (Lipinski definition) is 0. The molecule has 0 amide bonds. The van der Waals surface area contributed by atoms with Gasteiger partial charge in [0.25, 0.3) is 0 Å². The van der Waals surface area contributed by atoms with Crippen molar-refractivity contribution in [1.82, 2.24) is 4.98 Å². The summed E-state index contributed by atoms with van der Waals surface area (Å²) < 4.78 is 1.00. The van der Waals surface area contributed by atoms with Gasteiger partial charge in [-0.2, -0.15) is 0 Å². The molecule has 0 radical (unpaired) electrons. The molecule has 0 aliphatic heterocycles. The SMILES string of the molecule is CC(=O)Cc1ccnc2cc(Br)ccc12. The van der Waals surface area contributed by atoms with Crippen molar-refractivity contribution < 1.29 is 4.79 Å². The van der Waals surface area contributed by atoms with Gasteiger partial charge < -0.3 is 0 Å². The predicted molar refractivity (Wildman–Crippen MR) is 63.8 cm³/mol. The number of halogens is 1. The molecular weight excluding hydrogens is 254 g/mol. The smallest absolute Gasteiger partial charge is 0.134 e. The fourth-order valence-corrected chi connectivity index (χ4v) is 1.95. The van der Waals surface area contributed by atoms with E-state index in [1.807, 2.05) is 24.3 Å². The number of nitrogens with zero attached hydrogens (tertiary/aromatic N) is 1. The fourth-order valence-electron chi connectivity index (χ4n) is 1.60. The third-order valence-corrected chi connectivity index (χ3v) is 2.73. The molecule has 0 aliphatic carbocycles. The molecule has 0 unspecified atom stereocenters. The number of carbonyl (C=O) groups excluding carboxylic acids is 1. The van der Waals surface area contributed by atoms with Crippen LogP contribution in [-0.2, 0) is 11.2 Å². The Hall–Kier alpha value is -1.22. The second-order valence-electron chi connectivity index (χ2n) is 3.51. The molecule has 0 N–H and O–H groups in total. The molecule has 2 nitrogen and oxygen atoms in total. The molecule has 0 fully saturated rings. The minimum atomic E-state index is 0.172. The Labute approximate surface area is 96.5 Å². The summed E-state index contributed by atoms with van der Waals surface area (Å²) in [4.78, 5) is 15.4. The summed E-state index contributed by atoms with van der Waals surface area (Å²) in [5, 5.41) is 1.05. The molecule has 0 atom stereocenters. The van der Waals surface area contributed by atoms with Crippen LogP contribution in [0.4, 0.5) is 0 Å². The van der Waals surface area contributed by atoms with E-state index in [9.17, 15) is 4.79 Å². The van der Waals surface area contributed by atoms with E-state index in [-0.39, 0.29) is 5.78 Å². The zero-order valence-electron chi connectivity index (χ0n) is 8.33. The van der Waals surface area contributed by atoms with Crippen molar-refractivity contribution in [2.75, 3.05) is 0 Å². The van der Waals surface area contributed by atoms with Crippen LogP contribution < -0.4 is 0 Å². The van der Waals surface area contributed by atoms with Crippen molar-refractivity contribution in [3.8, 4) is 0 Å². The number of pyridine rings is 1. The summed E-state index contributed by atoms with van der Waals surface area (Å²) in [6.07, 6.45) is 2.22. The molecule has 1 aromatic heterocycles. The number of Topliss-reactive ketones (excluding diaryl/α,β-unsaturated/α-hetero) is 1. The van der Waals surface area contributed by atoms with Crippen LogP contribution in [0.3, 0.4) is 0 Å². The maximum atomic E-state index is 11.1. The molecule has 1 aromatic carbocycles.